The van der Waals surface area contributed by atoms with Crippen LogP contribution in [-0.2, 0) is 11.3 Å². The standard InChI is InChI=1S/C16H20FNO2/c1-3-4-14-9-15(19)11(2)16(20)18(14)10-12-5-7-13(17)8-6-12/h5-8,14,19H,3-4,9-10H2,1-2H3. The minimum Gasteiger partial charge on any atom is -0.512 e. The number of aliphatic hydroxyl groups is 1. The second-order valence-electron chi connectivity index (χ2n) is 5.28. The van der Waals surface area contributed by atoms with Crippen molar-refractivity contribution < 1.29 is 14.3 Å². The van der Waals surface area contributed by atoms with Crippen LogP contribution in [0.25, 0.3) is 0 Å². The average Bonchev–Trinajstić information content (AvgIpc) is 2.43. The molecule has 0 aliphatic carbocycles. The monoisotopic (exact) mass is 277 g/mol. The highest BCUT2D eigenvalue weighted by molar-refractivity contribution is 5.94. The topological polar surface area (TPSA) is 40.5 Å². The Morgan fingerprint density at radius 3 is 2.60 bits per heavy atom. The predicted molar refractivity (Wildman–Crippen MR) is 75.6 cm³/mol. The van der Waals surface area contributed by atoms with Crippen molar-refractivity contribution >= 4 is 5.91 Å². The number of aliphatic hydroxyl groups excluding tert-OH is 1. The lowest BCUT2D eigenvalue weighted by Gasteiger charge is -2.36. The first-order chi connectivity index (χ1) is 9.52. The van der Waals surface area contributed by atoms with E-state index in [0.717, 1.165) is 18.4 Å². The number of carbonyl (C=O) groups is 1. The predicted octanol–water partition coefficient (Wildman–Crippen LogP) is 3.56. The van der Waals surface area contributed by atoms with Crippen molar-refractivity contribution in [1.29, 1.82) is 0 Å². The summed E-state index contributed by atoms with van der Waals surface area (Å²) < 4.78 is 12.9. The molecular weight excluding hydrogens is 257 g/mol. The summed E-state index contributed by atoms with van der Waals surface area (Å²) in [6.07, 6.45) is 2.31. The summed E-state index contributed by atoms with van der Waals surface area (Å²) in [5, 5.41) is 9.85. The van der Waals surface area contributed by atoms with Gasteiger partial charge in [-0.2, -0.15) is 0 Å². The first-order valence-electron chi connectivity index (χ1n) is 6.97. The van der Waals surface area contributed by atoms with Gasteiger partial charge in [0, 0.05) is 19.0 Å². The van der Waals surface area contributed by atoms with Crippen LogP contribution in [0.15, 0.2) is 35.6 Å². The summed E-state index contributed by atoms with van der Waals surface area (Å²) in [6.45, 7) is 4.16. The molecule has 108 valence electrons. The van der Waals surface area contributed by atoms with Crippen molar-refractivity contribution in [3.05, 3.63) is 47.0 Å². The number of hydrogen-bond donors (Lipinski definition) is 1. The Hall–Kier alpha value is -1.84. The largest absolute Gasteiger partial charge is 0.512 e. The van der Waals surface area contributed by atoms with Gasteiger partial charge < -0.3 is 10.0 Å². The van der Waals surface area contributed by atoms with E-state index in [1.54, 1.807) is 24.0 Å². The van der Waals surface area contributed by atoms with Crippen LogP contribution < -0.4 is 0 Å². The van der Waals surface area contributed by atoms with Gasteiger partial charge in [-0.3, -0.25) is 4.79 Å². The Bertz CT molecular complexity index is 522. The van der Waals surface area contributed by atoms with Gasteiger partial charge in [-0.25, -0.2) is 4.39 Å². The van der Waals surface area contributed by atoms with E-state index in [2.05, 4.69) is 6.92 Å². The van der Waals surface area contributed by atoms with Crippen molar-refractivity contribution in [2.24, 2.45) is 0 Å². The summed E-state index contributed by atoms with van der Waals surface area (Å²) in [5.41, 5.74) is 1.31. The van der Waals surface area contributed by atoms with E-state index in [1.807, 2.05) is 0 Å². The second-order valence-corrected chi connectivity index (χ2v) is 5.28. The van der Waals surface area contributed by atoms with Crippen molar-refractivity contribution in [3.8, 4) is 0 Å². The molecule has 2 rings (SSSR count). The van der Waals surface area contributed by atoms with E-state index in [1.165, 1.54) is 12.1 Å². The van der Waals surface area contributed by atoms with Gasteiger partial charge in [0.1, 0.15) is 11.6 Å². The molecule has 1 aromatic carbocycles. The van der Waals surface area contributed by atoms with Crippen molar-refractivity contribution in [1.82, 2.24) is 4.90 Å². The molecule has 1 unspecified atom stereocenters. The van der Waals surface area contributed by atoms with Gasteiger partial charge >= 0.3 is 0 Å². The van der Waals surface area contributed by atoms with Crippen LogP contribution in [0.5, 0.6) is 0 Å². The van der Waals surface area contributed by atoms with Crippen LogP contribution in [0.3, 0.4) is 0 Å². The van der Waals surface area contributed by atoms with Gasteiger partial charge in [-0.05, 0) is 31.0 Å². The quantitative estimate of drug-likeness (QED) is 0.914. The SMILES string of the molecule is CCCC1CC(O)=C(C)C(=O)N1Cc1ccc(F)cc1. The van der Waals surface area contributed by atoms with Crippen molar-refractivity contribution in [3.63, 3.8) is 0 Å². The number of amides is 1. The molecule has 1 N–H and O–H groups in total. The molecule has 0 fully saturated rings. The molecule has 1 aromatic rings. The maximum atomic E-state index is 12.9. The van der Waals surface area contributed by atoms with Gasteiger partial charge in [0.15, 0.2) is 0 Å². The number of benzene rings is 1. The van der Waals surface area contributed by atoms with Crippen LogP contribution in [0, 0.1) is 5.82 Å². The van der Waals surface area contributed by atoms with Crippen LogP contribution in [-0.4, -0.2) is 22.0 Å². The summed E-state index contributed by atoms with van der Waals surface area (Å²) >= 11 is 0. The van der Waals surface area contributed by atoms with Crippen molar-refractivity contribution in [2.45, 2.75) is 45.7 Å². The van der Waals surface area contributed by atoms with Crippen molar-refractivity contribution in [2.75, 3.05) is 0 Å². The molecule has 1 amide bonds. The zero-order valence-corrected chi connectivity index (χ0v) is 11.9. The minimum absolute atomic E-state index is 0.0150. The second kappa shape index (κ2) is 6.07. The van der Waals surface area contributed by atoms with E-state index in [0.29, 0.717) is 18.5 Å². The van der Waals surface area contributed by atoms with E-state index in [-0.39, 0.29) is 23.5 Å². The zero-order chi connectivity index (χ0) is 14.7. The molecule has 1 atom stereocenters. The molecule has 0 saturated heterocycles. The zero-order valence-electron chi connectivity index (χ0n) is 11.9. The summed E-state index contributed by atoms with van der Waals surface area (Å²) in [5.74, 6) is -0.210. The van der Waals surface area contributed by atoms with Gasteiger partial charge in [0.25, 0.3) is 5.91 Å². The molecule has 4 heteroatoms. The van der Waals surface area contributed by atoms with Crippen LogP contribution in [0.2, 0.25) is 0 Å². The van der Waals surface area contributed by atoms with E-state index in [4.69, 9.17) is 0 Å². The minimum atomic E-state index is -0.280. The molecule has 0 bridgehead atoms. The normalized spacial score (nSPS) is 19.6. The summed E-state index contributed by atoms with van der Waals surface area (Å²) in [4.78, 5) is 14.1. The Balaban J connectivity index is 2.22. The fourth-order valence-electron chi connectivity index (χ4n) is 2.57. The molecule has 20 heavy (non-hydrogen) atoms. The third kappa shape index (κ3) is 3.00. The third-order valence-corrected chi connectivity index (χ3v) is 3.77. The number of rotatable bonds is 4. The maximum Gasteiger partial charge on any atom is 0.253 e. The summed E-state index contributed by atoms with van der Waals surface area (Å²) in [6, 6.07) is 6.21. The molecule has 1 heterocycles. The van der Waals surface area contributed by atoms with E-state index < -0.39 is 0 Å². The molecule has 1 aliphatic rings. The van der Waals surface area contributed by atoms with Gasteiger partial charge in [0.2, 0.25) is 0 Å². The number of carbonyl (C=O) groups excluding carboxylic acids is 1. The highest BCUT2D eigenvalue weighted by atomic mass is 19.1. The molecule has 3 nitrogen and oxygen atoms in total. The molecule has 1 aliphatic heterocycles. The lowest BCUT2D eigenvalue weighted by Crippen LogP contribution is -2.44. The Kier molecular flexibility index (Phi) is 4.42. The molecular formula is C16H20FNO2. The highest BCUT2D eigenvalue weighted by Crippen LogP contribution is 2.27. The fraction of sp³-hybridized carbons (Fsp3) is 0.438. The van der Waals surface area contributed by atoms with Crippen LogP contribution in [0.4, 0.5) is 4.39 Å². The number of hydrogen-bond acceptors (Lipinski definition) is 2. The highest BCUT2D eigenvalue weighted by Gasteiger charge is 2.31. The lowest BCUT2D eigenvalue weighted by atomic mass is 9.96. The maximum absolute atomic E-state index is 12.9. The smallest absolute Gasteiger partial charge is 0.253 e. The van der Waals surface area contributed by atoms with Crippen LogP contribution >= 0.6 is 0 Å². The first-order valence-corrected chi connectivity index (χ1v) is 6.97. The average molecular weight is 277 g/mol. The molecule has 0 spiro atoms. The molecule has 0 saturated carbocycles. The van der Waals surface area contributed by atoms with Gasteiger partial charge in [0.05, 0.1) is 5.57 Å². The Morgan fingerprint density at radius 1 is 1.35 bits per heavy atom. The number of nitrogens with zero attached hydrogens (tertiary/aromatic N) is 1. The third-order valence-electron chi connectivity index (χ3n) is 3.77. The fourth-order valence-corrected chi connectivity index (χ4v) is 2.57. The first kappa shape index (κ1) is 14.6. The van der Waals surface area contributed by atoms with Crippen LogP contribution in [0.1, 0.15) is 38.7 Å². The van der Waals surface area contributed by atoms with E-state index in [9.17, 15) is 14.3 Å². The summed E-state index contributed by atoms with van der Waals surface area (Å²) in [7, 11) is 0. The van der Waals surface area contributed by atoms with Gasteiger partial charge in [-0.15, -0.1) is 0 Å². The molecule has 0 radical (unpaired) electrons. The van der Waals surface area contributed by atoms with Gasteiger partial charge in [-0.1, -0.05) is 25.5 Å². The lowest BCUT2D eigenvalue weighted by molar-refractivity contribution is -0.131. The Morgan fingerprint density at radius 2 is 2.00 bits per heavy atom. The van der Waals surface area contributed by atoms with E-state index >= 15 is 0 Å². The Labute approximate surface area is 118 Å². The molecule has 0 aromatic heterocycles. The number of halogens is 1.